The molecule has 1 aliphatic heterocycles. The predicted octanol–water partition coefficient (Wildman–Crippen LogP) is 0.492. The number of halogens is 1. The summed E-state index contributed by atoms with van der Waals surface area (Å²) >= 11 is 6.19. The van der Waals surface area contributed by atoms with Crippen molar-refractivity contribution >= 4 is 49.5 Å². The molecule has 1 saturated heterocycles. The molecule has 238 valence electrons. The van der Waals surface area contributed by atoms with Crippen molar-refractivity contribution in [3.8, 4) is 0 Å². The summed E-state index contributed by atoms with van der Waals surface area (Å²) in [6.07, 6.45) is -0.574. The molecule has 4 aliphatic carbocycles. The average Bonchev–Trinajstić information content (AvgIpc) is 3.40. The van der Waals surface area contributed by atoms with Gasteiger partial charge < -0.3 is 45.8 Å². The predicted molar refractivity (Wildman–Crippen MR) is 151 cm³/mol. The molecular formula is C24H35ClN6O10P2. The highest BCUT2D eigenvalue weighted by Gasteiger charge is 2.60. The summed E-state index contributed by atoms with van der Waals surface area (Å²) in [6.45, 7) is 0. The lowest BCUT2D eigenvalue weighted by Crippen LogP contribution is -2.63. The number of anilines is 1. The summed E-state index contributed by atoms with van der Waals surface area (Å²) in [5.41, 5.74) is 5.39. The van der Waals surface area contributed by atoms with Crippen LogP contribution < -0.4 is 11.1 Å². The average molecular weight is 665 g/mol. The molecule has 0 aromatic carbocycles. The van der Waals surface area contributed by atoms with E-state index in [9.17, 15) is 34.1 Å². The first-order valence-electron chi connectivity index (χ1n) is 14.0. The van der Waals surface area contributed by atoms with Gasteiger partial charge in [-0.05, 0) is 73.8 Å². The van der Waals surface area contributed by atoms with E-state index < -0.39 is 74.5 Å². The molecule has 2 aromatic rings. The summed E-state index contributed by atoms with van der Waals surface area (Å²) < 4.78 is 30.4. The minimum absolute atomic E-state index is 0.0270. The van der Waals surface area contributed by atoms with Crippen LogP contribution in [0.25, 0.3) is 11.2 Å². The van der Waals surface area contributed by atoms with E-state index in [1.807, 2.05) is 0 Å². The van der Waals surface area contributed by atoms with Gasteiger partial charge in [-0.2, -0.15) is 9.97 Å². The lowest BCUT2D eigenvalue weighted by atomic mass is 9.46. The molecule has 4 saturated carbocycles. The van der Waals surface area contributed by atoms with Gasteiger partial charge in [-0.1, -0.05) is 0 Å². The highest BCUT2D eigenvalue weighted by molar-refractivity contribution is 7.72. The fourth-order valence-electron chi connectivity index (χ4n) is 8.17. The zero-order valence-electron chi connectivity index (χ0n) is 22.9. The van der Waals surface area contributed by atoms with E-state index in [-0.39, 0.29) is 28.7 Å². The number of amides is 1. The second kappa shape index (κ2) is 10.8. The number of aromatic nitrogens is 4. The first-order valence-corrected chi connectivity index (χ1v) is 18.2. The standard InChI is InChI=1S/C24H35ClN6O10P2/c25-22-29-18(28-20(34)17(26)23-4-11-3-12(5-23)7-24(35,6-11)8-23)14-19(30-22)31(9-27-14)21-16(33)15(32)13(41-21)1-2-42(36,37)10-43(38,39)40/h9,11-13,15-17,21,32-33,35H,1-8,10,26H2,(H,36,37)(H2,38,39,40)(H,28,29,30,34)/t11?,12?,13-,15?,16?,17?,21-,23?,24?/m1/s1. The maximum Gasteiger partial charge on any atom is 0.335 e. The van der Waals surface area contributed by atoms with E-state index in [0.29, 0.717) is 18.3 Å². The number of ether oxygens (including phenoxy) is 1. The van der Waals surface area contributed by atoms with Crippen molar-refractivity contribution in [2.45, 2.75) is 81.1 Å². The SMILES string of the molecule is NC(C(=O)Nc1nc(Cl)nc2c1ncn2[C@@H]1O[C@H](CCP(=O)(O)CP(=O)(O)O)C(O)C1O)C12CC3CC(CC(O)(C3)C1)C2. The van der Waals surface area contributed by atoms with Crippen LogP contribution in [0.5, 0.6) is 0 Å². The van der Waals surface area contributed by atoms with Gasteiger partial charge in [0.05, 0.1) is 24.1 Å². The Bertz CT molecular complexity index is 1520. The van der Waals surface area contributed by atoms with Gasteiger partial charge in [0.15, 0.2) is 23.2 Å². The molecule has 0 spiro atoms. The zero-order chi connectivity index (χ0) is 31.1. The van der Waals surface area contributed by atoms with Gasteiger partial charge in [0.25, 0.3) is 0 Å². The van der Waals surface area contributed by atoms with E-state index in [4.69, 9.17) is 31.9 Å². The molecule has 9 N–H and O–H groups in total. The number of nitrogens with zero attached hydrogens (tertiary/aromatic N) is 4. The van der Waals surface area contributed by atoms with Gasteiger partial charge in [0, 0.05) is 6.16 Å². The Morgan fingerprint density at radius 1 is 1.16 bits per heavy atom. The number of aliphatic hydroxyl groups excluding tert-OH is 2. The molecular weight excluding hydrogens is 630 g/mol. The summed E-state index contributed by atoms with van der Waals surface area (Å²) in [6, 6.07) is -0.917. The molecule has 0 radical (unpaired) electrons. The highest BCUT2D eigenvalue weighted by atomic mass is 35.5. The first kappa shape index (κ1) is 31.4. The molecule has 2 aromatic heterocycles. The molecule has 3 heterocycles. The van der Waals surface area contributed by atoms with Crippen LogP contribution in [0.2, 0.25) is 5.28 Å². The van der Waals surface area contributed by atoms with Crippen LogP contribution in [-0.4, -0.2) is 97.4 Å². The third kappa shape index (κ3) is 6.05. The molecule has 8 atom stereocenters. The van der Waals surface area contributed by atoms with Crippen LogP contribution in [0, 0.1) is 17.3 Å². The van der Waals surface area contributed by atoms with Gasteiger partial charge in [0.2, 0.25) is 18.6 Å². The normalized spacial score (nSPS) is 37.5. The molecule has 6 unspecified atom stereocenters. The summed E-state index contributed by atoms with van der Waals surface area (Å²) in [4.78, 5) is 54.1. The molecule has 5 aliphatic rings. The van der Waals surface area contributed by atoms with E-state index >= 15 is 0 Å². The fourth-order valence-corrected chi connectivity index (χ4v) is 11.9. The van der Waals surface area contributed by atoms with E-state index in [0.717, 1.165) is 32.1 Å². The molecule has 4 bridgehead atoms. The third-order valence-corrected chi connectivity index (χ3v) is 13.8. The monoisotopic (exact) mass is 664 g/mol. The smallest absolute Gasteiger partial charge is 0.335 e. The van der Waals surface area contributed by atoms with Crippen molar-refractivity contribution in [1.82, 2.24) is 19.5 Å². The van der Waals surface area contributed by atoms with E-state index in [2.05, 4.69) is 20.3 Å². The molecule has 5 fully saturated rings. The number of fused-ring (bicyclic) bond motifs is 1. The first-order chi connectivity index (χ1) is 20.0. The van der Waals surface area contributed by atoms with Gasteiger partial charge >= 0.3 is 7.60 Å². The molecule has 43 heavy (non-hydrogen) atoms. The second-order valence-electron chi connectivity index (χ2n) is 12.9. The van der Waals surface area contributed by atoms with E-state index in [1.54, 1.807) is 0 Å². The minimum atomic E-state index is -4.75. The van der Waals surface area contributed by atoms with Crippen LogP contribution in [0.1, 0.15) is 51.2 Å². The minimum Gasteiger partial charge on any atom is -0.390 e. The molecule has 19 heteroatoms. The largest absolute Gasteiger partial charge is 0.390 e. The van der Waals surface area contributed by atoms with Crippen LogP contribution in [-0.2, 0) is 18.7 Å². The molecule has 1 amide bonds. The topological polar surface area (TPSA) is 263 Å². The van der Waals surface area contributed by atoms with Crippen molar-refractivity contribution in [1.29, 1.82) is 0 Å². The molecule has 7 rings (SSSR count). The number of nitrogens with one attached hydrogen (secondary N) is 1. The van der Waals surface area contributed by atoms with Gasteiger partial charge in [0.1, 0.15) is 18.1 Å². The third-order valence-electron chi connectivity index (χ3n) is 9.43. The number of carbonyl (C=O) groups is 1. The maximum atomic E-state index is 13.5. The van der Waals surface area contributed by atoms with Crippen LogP contribution >= 0.6 is 26.6 Å². The number of aliphatic hydroxyl groups is 3. The number of hydrogen-bond acceptors (Lipinski definition) is 11. The molecule has 16 nitrogen and oxygen atoms in total. The number of imidazole rings is 1. The van der Waals surface area contributed by atoms with Crippen molar-refractivity contribution < 1.29 is 48.7 Å². The van der Waals surface area contributed by atoms with Crippen molar-refractivity contribution in [2.24, 2.45) is 23.0 Å². The van der Waals surface area contributed by atoms with Crippen molar-refractivity contribution in [3.05, 3.63) is 11.6 Å². The number of carbonyl (C=O) groups excluding carboxylic acids is 1. The lowest BCUT2D eigenvalue weighted by molar-refractivity contribution is -0.172. The Morgan fingerprint density at radius 3 is 2.47 bits per heavy atom. The van der Waals surface area contributed by atoms with Crippen LogP contribution in [0.15, 0.2) is 6.33 Å². The zero-order valence-corrected chi connectivity index (χ0v) is 25.5. The summed E-state index contributed by atoms with van der Waals surface area (Å²) in [5.74, 6) is -1.09. The second-order valence-corrected chi connectivity index (χ2v) is 17.8. The highest BCUT2D eigenvalue weighted by Crippen LogP contribution is 2.62. The number of nitrogens with two attached hydrogens (primary N) is 1. The lowest BCUT2D eigenvalue weighted by Gasteiger charge is -2.61. The van der Waals surface area contributed by atoms with Crippen molar-refractivity contribution in [2.75, 3.05) is 17.4 Å². The van der Waals surface area contributed by atoms with Gasteiger partial charge in [-0.3, -0.25) is 18.5 Å². The van der Waals surface area contributed by atoms with Crippen molar-refractivity contribution in [3.63, 3.8) is 0 Å². The summed E-state index contributed by atoms with van der Waals surface area (Å²) in [5, 5.41) is 34.9. The Balaban J connectivity index is 1.20. The van der Waals surface area contributed by atoms with Gasteiger partial charge in [-0.15, -0.1) is 0 Å². The Kier molecular flexibility index (Phi) is 7.87. The Labute approximate surface area is 250 Å². The quantitative estimate of drug-likeness (QED) is 0.134. The van der Waals surface area contributed by atoms with Gasteiger partial charge in [-0.25, -0.2) is 4.98 Å². The fraction of sp³-hybridized carbons (Fsp3) is 0.750. The summed E-state index contributed by atoms with van der Waals surface area (Å²) in [7, 11) is -9.00. The number of rotatable bonds is 9. The van der Waals surface area contributed by atoms with Crippen LogP contribution in [0.4, 0.5) is 5.82 Å². The van der Waals surface area contributed by atoms with Crippen LogP contribution in [0.3, 0.4) is 0 Å². The maximum absolute atomic E-state index is 13.5. The Morgan fingerprint density at radius 2 is 1.84 bits per heavy atom. The van der Waals surface area contributed by atoms with E-state index in [1.165, 1.54) is 10.9 Å². The number of hydrogen-bond donors (Lipinski definition) is 8. The Hall–Kier alpha value is -1.55.